The molecule has 3 N–H and O–H groups in total. The Morgan fingerprint density at radius 1 is 1.16 bits per heavy atom. The zero-order chi connectivity index (χ0) is 13.7. The maximum absolute atomic E-state index is 5.97. The summed E-state index contributed by atoms with van der Waals surface area (Å²) in [4.78, 5) is 4.24. The molecule has 0 saturated carbocycles. The van der Waals surface area contributed by atoms with E-state index in [0.717, 1.165) is 11.4 Å². The standard InChI is InChI=1S/C14H17N3O2/c1-18-13-7-11(15)12(8-14(13)19-2)17-9-10-5-3-4-6-16-10/h3-8,17H,9,15H2,1-2H3. The molecule has 100 valence electrons. The molecule has 0 radical (unpaired) electrons. The Hall–Kier alpha value is -2.43. The van der Waals surface area contributed by atoms with Crippen molar-refractivity contribution in [2.75, 3.05) is 25.3 Å². The third-order valence-corrected chi connectivity index (χ3v) is 2.74. The van der Waals surface area contributed by atoms with Gasteiger partial charge in [0, 0.05) is 18.3 Å². The number of aromatic nitrogens is 1. The quantitative estimate of drug-likeness (QED) is 0.806. The van der Waals surface area contributed by atoms with Crippen molar-refractivity contribution in [1.82, 2.24) is 4.98 Å². The summed E-state index contributed by atoms with van der Waals surface area (Å²) in [5.41, 5.74) is 8.31. The molecule has 0 aliphatic rings. The summed E-state index contributed by atoms with van der Waals surface area (Å²) < 4.78 is 10.4. The molecule has 1 aromatic carbocycles. The Morgan fingerprint density at radius 2 is 1.89 bits per heavy atom. The number of nitrogens with two attached hydrogens (primary N) is 1. The van der Waals surface area contributed by atoms with Crippen LogP contribution in [0.1, 0.15) is 5.69 Å². The third-order valence-electron chi connectivity index (χ3n) is 2.74. The molecule has 0 saturated heterocycles. The second-order valence-corrected chi connectivity index (χ2v) is 3.97. The predicted molar refractivity (Wildman–Crippen MR) is 75.5 cm³/mol. The fraction of sp³-hybridized carbons (Fsp3) is 0.214. The molecule has 2 rings (SSSR count). The van der Waals surface area contributed by atoms with Crippen LogP contribution < -0.4 is 20.5 Å². The molecule has 0 fully saturated rings. The van der Waals surface area contributed by atoms with E-state index in [1.54, 1.807) is 26.5 Å². The summed E-state index contributed by atoms with van der Waals surface area (Å²) in [5.74, 6) is 1.25. The van der Waals surface area contributed by atoms with Gasteiger partial charge in [-0.05, 0) is 12.1 Å². The van der Waals surface area contributed by atoms with Crippen LogP contribution in [0.15, 0.2) is 36.5 Å². The SMILES string of the molecule is COc1cc(N)c(NCc2ccccn2)cc1OC. The highest BCUT2D eigenvalue weighted by Crippen LogP contribution is 2.34. The Labute approximate surface area is 112 Å². The van der Waals surface area contributed by atoms with Gasteiger partial charge < -0.3 is 20.5 Å². The van der Waals surface area contributed by atoms with Crippen LogP contribution >= 0.6 is 0 Å². The number of methoxy groups -OCH3 is 2. The predicted octanol–water partition coefficient (Wildman–Crippen LogP) is 2.29. The molecular formula is C14H17N3O2. The normalized spacial score (nSPS) is 10.0. The summed E-state index contributed by atoms with van der Waals surface area (Å²) in [5, 5.41) is 3.23. The topological polar surface area (TPSA) is 69.4 Å². The number of hydrogen-bond donors (Lipinski definition) is 2. The molecule has 1 heterocycles. The highest BCUT2D eigenvalue weighted by molar-refractivity contribution is 5.72. The second-order valence-electron chi connectivity index (χ2n) is 3.97. The molecule has 0 aliphatic heterocycles. The molecule has 19 heavy (non-hydrogen) atoms. The van der Waals surface area contributed by atoms with E-state index < -0.39 is 0 Å². The lowest BCUT2D eigenvalue weighted by Crippen LogP contribution is -2.04. The fourth-order valence-corrected chi connectivity index (χ4v) is 1.74. The summed E-state index contributed by atoms with van der Waals surface area (Å²) in [7, 11) is 3.18. The van der Waals surface area contributed by atoms with E-state index in [1.807, 2.05) is 24.3 Å². The van der Waals surface area contributed by atoms with E-state index in [0.29, 0.717) is 23.7 Å². The van der Waals surface area contributed by atoms with E-state index in [4.69, 9.17) is 15.2 Å². The fourth-order valence-electron chi connectivity index (χ4n) is 1.74. The average Bonchev–Trinajstić information content (AvgIpc) is 2.46. The molecule has 2 aromatic rings. The van der Waals surface area contributed by atoms with Gasteiger partial charge in [-0.25, -0.2) is 0 Å². The van der Waals surface area contributed by atoms with Crippen LogP contribution in [0.2, 0.25) is 0 Å². The first-order valence-electron chi connectivity index (χ1n) is 5.90. The van der Waals surface area contributed by atoms with Gasteiger partial charge in [-0.15, -0.1) is 0 Å². The number of ether oxygens (including phenoxy) is 2. The summed E-state index contributed by atoms with van der Waals surface area (Å²) in [6.45, 7) is 0.598. The lowest BCUT2D eigenvalue weighted by atomic mass is 10.2. The lowest BCUT2D eigenvalue weighted by Gasteiger charge is -2.13. The number of nitrogens with one attached hydrogen (secondary N) is 1. The maximum atomic E-state index is 5.97. The molecule has 0 aliphatic carbocycles. The first-order valence-corrected chi connectivity index (χ1v) is 5.90. The van der Waals surface area contributed by atoms with Gasteiger partial charge in [0.25, 0.3) is 0 Å². The van der Waals surface area contributed by atoms with Crippen LogP contribution in [-0.2, 0) is 6.54 Å². The van der Waals surface area contributed by atoms with Gasteiger partial charge in [0.15, 0.2) is 11.5 Å². The van der Waals surface area contributed by atoms with E-state index in [2.05, 4.69) is 10.3 Å². The van der Waals surface area contributed by atoms with Crippen LogP contribution in [0.5, 0.6) is 11.5 Å². The Kier molecular flexibility index (Phi) is 4.07. The zero-order valence-corrected chi connectivity index (χ0v) is 11.0. The molecular weight excluding hydrogens is 242 g/mol. The number of hydrogen-bond acceptors (Lipinski definition) is 5. The highest BCUT2D eigenvalue weighted by Gasteiger charge is 2.08. The van der Waals surface area contributed by atoms with Crippen LogP contribution in [0, 0.1) is 0 Å². The minimum atomic E-state index is 0.598. The molecule has 0 spiro atoms. The van der Waals surface area contributed by atoms with Gasteiger partial charge in [-0.1, -0.05) is 6.07 Å². The van der Waals surface area contributed by atoms with E-state index in [9.17, 15) is 0 Å². The smallest absolute Gasteiger partial charge is 0.162 e. The maximum Gasteiger partial charge on any atom is 0.162 e. The van der Waals surface area contributed by atoms with Gasteiger partial charge >= 0.3 is 0 Å². The summed E-state index contributed by atoms with van der Waals surface area (Å²) in [6, 6.07) is 9.33. The monoisotopic (exact) mass is 259 g/mol. The number of benzene rings is 1. The number of pyridine rings is 1. The molecule has 0 bridgehead atoms. The first-order chi connectivity index (χ1) is 9.24. The largest absolute Gasteiger partial charge is 0.493 e. The zero-order valence-electron chi connectivity index (χ0n) is 11.0. The van der Waals surface area contributed by atoms with Gasteiger partial charge in [-0.3, -0.25) is 4.98 Å². The van der Waals surface area contributed by atoms with E-state index in [1.165, 1.54) is 0 Å². The van der Waals surface area contributed by atoms with Gasteiger partial charge in [0.2, 0.25) is 0 Å². The number of rotatable bonds is 5. The summed E-state index contributed by atoms with van der Waals surface area (Å²) >= 11 is 0. The molecule has 1 aromatic heterocycles. The van der Waals surface area contributed by atoms with Crippen LogP contribution in [0.4, 0.5) is 11.4 Å². The third kappa shape index (κ3) is 3.07. The Bertz CT molecular complexity index is 544. The molecule has 0 atom stereocenters. The van der Waals surface area contributed by atoms with E-state index in [-0.39, 0.29) is 0 Å². The van der Waals surface area contributed by atoms with Crippen LogP contribution in [0.25, 0.3) is 0 Å². The average molecular weight is 259 g/mol. The Morgan fingerprint density at radius 3 is 2.53 bits per heavy atom. The van der Waals surface area contributed by atoms with Crippen molar-refractivity contribution in [3.63, 3.8) is 0 Å². The number of nitrogens with zero attached hydrogens (tertiary/aromatic N) is 1. The molecule has 0 amide bonds. The van der Waals surface area contributed by atoms with Crippen molar-refractivity contribution in [2.24, 2.45) is 0 Å². The van der Waals surface area contributed by atoms with Gasteiger partial charge in [0.05, 0.1) is 37.8 Å². The van der Waals surface area contributed by atoms with Crippen molar-refractivity contribution in [2.45, 2.75) is 6.54 Å². The van der Waals surface area contributed by atoms with Crippen molar-refractivity contribution < 1.29 is 9.47 Å². The summed E-state index contributed by atoms with van der Waals surface area (Å²) in [6.07, 6.45) is 1.76. The number of anilines is 2. The van der Waals surface area contributed by atoms with Crippen molar-refractivity contribution in [3.05, 3.63) is 42.2 Å². The minimum Gasteiger partial charge on any atom is -0.493 e. The lowest BCUT2D eigenvalue weighted by molar-refractivity contribution is 0.355. The molecule has 5 nitrogen and oxygen atoms in total. The van der Waals surface area contributed by atoms with Crippen molar-refractivity contribution >= 4 is 11.4 Å². The van der Waals surface area contributed by atoms with Crippen LogP contribution in [-0.4, -0.2) is 19.2 Å². The number of nitrogen functional groups attached to an aromatic ring is 1. The van der Waals surface area contributed by atoms with Gasteiger partial charge in [-0.2, -0.15) is 0 Å². The van der Waals surface area contributed by atoms with Crippen molar-refractivity contribution in [3.8, 4) is 11.5 Å². The highest BCUT2D eigenvalue weighted by atomic mass is 16.5. The molecule has 0 unspecified atom stereocenters. The molecule has 5 heteroatoms. The van der Waals surface area contributed by atoms with Crippen molar-refractivity contribution in [1.29, 1.82) is 0 Å². The second kappa shape index (κ2) is 5.95. The Balaban J connectivity index is 2.16. The van der Waals surface area contributed by atoms with Gasteiger partial charge in [0.1, 0.15) is 0 Å². The first kappa shape index (κ1) is 13.0. The minimum absolute atomic E-state index is 0.598. The van der Waals surface area contributed by atoms with E-state index >= 15 is 0 Å². The van der Waals surface area contributed by atoms with Crippen LogP contribution in [0.3, 0.4) is 0 Å².